The Hall–Kier alpha value is -1.59. The van der Waals surface area contributed by atoms with Crippen molar-refractivity contribution in [3.63, 3.8) is 0 Å². The molecule has 2 rings (SSSR count). The lowest BCUT2D eigenvalue weighted by Crippen LogP contribution is -2.58. The Morgan fingerprint density at radius 3 is 1.42 bits per heavy atom. The Morgan fingerprint density at radius 1 is 0.697 bits per heavy atom. The highest BCUT2D eigenvalue weighted by molar-refractivity contribution is 5.90. The minimum atomic E-state index is -1.15. The lowest BCUT2D eigenvalue weighted by molar-refractivity contribution is -0.155. The van der Waals surface area contributed by atoms with E-state index in [0.29, 0.717) is 23.7 Å². The summed E-state index contributed by atoms with van der Waals surface area (Å²) in [5, 5.41) is 5.75. The quantitative estimate of drug-likeness (QED) is 0.395. The van der Waals surface area contributed by atoms with Gasteiger partial charge in [0.05, 0.1) is 6.10 Å². The number of hydrogen-bond acceptors (Lipinski definition) is 4. The van der Waals surface area contributed by atoms with Crippen molar-refractivity contribution in [2.45, 2.75) is 106 Å². The molecule has 0 aliphatic heterocycles. The lowest BCUT2D eigenvalue weighted by Gasteiger charge is -2.38. The van der Waals surface area contributed by atoms with Gasteiger partial charge in [0.25, 0.3) is 0 Å². The zero-order valence-corrected chi connectivity index (χ0v) is 22.1. The number of ether oxygens (including phenoxy) is 1. The van der Waals surface area contributed by atoms with Crippen molar-refractivity contribution >= 4 is 17.8 Å². The van der Waals surface area contributed by atoms with E-state index < -0.39 is 12.1 Å². The van der Waals surface area contributed by atoms with Crippen LogP contribution in [0.3, 0.4) is 0 Å². The van der Waals surface area contributed by atoms with E-state index in [1.165, 1.54) is 0 Å². The Morgan fingerprint density at radius 2 is 1.09 bits per heavy atom. The predicted molar refractivity (Wildman–Crippen MR) is 131 cm³/mol. The molecule has 6 atom stereocenters. The second kappa shape index (κ2) is 12.2. The molecule has 33 heavy (non-hydrogen) atoms. The molecule has 2 aliphatic carbocycles. The van der Waals surface area contributed by atoms with Crippen molar-refractivity contribution in [1.29, 1.82) is 0 Å². The molecule has 0 aromatic heterocycles. The highest BCUT2D eigenvalue weighted by Crippen LogP contribution is 2.39. The summed E-state index contributed by atoms with van der Waals surface area (Å²) in [5.41, 5.74) is 0. The summed E-state index contributed by atoms with van der Waals surface area (Å²) in [4.78, 5) is 39.6. The number of amides is 2. The number of hydrogen-bond donors (Lipinski definition) is 2. The molecule has 0 radical (unpaired) electrons. The molecule has 0 aromatic carbocycles. The van der Waals surface area contributed by atoms with Gasteiger partial charge in [-0.15, -0.1) is 0 Å². The van der Waals surface area contributed by atoms with Gasteiger partial charge in [0.15, 0.2) is 0 Å². The molecule has 0 aromatic rings. The van der Waals surface area contributed by atoms with Crippen LogP contribution in [-0.4, -0.2) is 30.1 Å². The molecule has 0 spiro atoms. The van der Waals surface area contributed by atoms with Crippen molar-refractivity contribution in [1.82, 2.24) is 10.6 Å². The monoisotopic (exact) mass is 464 g/mol. The predicted octanol–water partition coefficient (Wildman–Crippen LogP) is 4.91. The standard InChI is InChI=1S/C27H48N2O4/c1-15(2)20-11-9-18(7)13-22(20)25(30)28-24(27(32)33-17(5)6)29-26(31)23-14-19(8)10-12-21(23)16(3)4/h15-24H,9-14H2,1-8H3,(H,28,30)(H,29,31)/t18-,19-,20+,21+,22-,23-/m1/s1. The molecule has 2 saturated carbocycles. The molecule has 0 unspecified atom stereocenters. The van der Waals surface area contributed by atoms with E-state index >= 15 is 0 Å². The average molecular weight is 465 g/mol. The van der Waals surface area contributed by atoms with Gasteiger partial charge in [-0.05, 0) is 75.0 Å². The summed E-state index contributed by atoms with van der Waals surface area (Å²) in [5.74, 6) is 1.08. The summed E-state index contributed by atoms with van der Waals surface area (Å²) >= 11 is 0. The minimum Gasteiger partial charge on any atom is -0.460 e. The third-order valence-electron chi connectivity index (χ3n) is 7.88. The highest BCUT2D eigenvalue weighted by atomic mass is 16.5. The smallest absolute Gasteiger partial charge is 0.349 e. The summed E-state index contributed by atoms with van der Waals surface area (Å²) in [6.45, 7) is 16.5. The number of nitrogens with one attached hydrogen (secondary N) is 2. The van der Waals surface area contributed by atoms with Gasteiger partial charge < -0.3 is 15.4 Å². The van der Waals surface area contributed by atoms with Crippen LogP contribution in [-0.2, 0) is 19.1 Å². The summed E-state index contributed by atoms with van der Waals surface area (Å²) in [6.07, 6.45) is 4.42. The van der Waals surface area contributed by atoms with Gasteiger partial charge in [0, 0.05) is 11.8 Å². The molecule has 6 heteroatoms. The normalized spacial score (nSPS) is 30.5. The molecule has 6 nitrogen and oxygen atoms in total. The summed E-state index contributed by atoms with van der Waals surface area (Å²) < 4.78 is 5.41. The Kier molecular flexibility index (Phi) is 10.2. The lowest BCUT2D eigenvalue weighted by atomic mass is 9.69. The van der Waals surface area contributed by atoms with Crippen molar-refractivity contribution in [3.8, 4) is 0 Å². The zero-order valence-electron chi connectivity index (χ0n) is 22.1. The molecule has 2 amide bonds. The molecule has 0 bridgehead atoms. The van der Waals surface area contributed by atoms with Gasteiger partial charge >= 0.3 is 5.97 Å². The molecule has 0 saturated heterocycles. The zero-order chi connectivity index (χ0) is 24.9. The van der Waals surface area contributed by atoms with Crippen molar-refractivity contribution in [3.05, 3.63) is 0 Å². The second-order valence-electron chi connectivity index (χ2n) is 11.8. The molecule has 0 heterocycles. The first-order chi connectivity index (χ1) is 15.4. The second-order valence-corrected chi connectivity index (χ2v) is 11.8. The van der Waals surface area contributed by atoms with Crippen LogP contribution in [0.25, 0.3) is 0 Å². The highest BCUT2D eigenvalue weighted by Gasteiger charge is 2.40. The van der Waals surface area contributed by atoms with Crippen LogP contribution < -0.4 is 10.6 Å². The maximum absolute atomic E-state index is 13.4. The maximum atomic E-state index is 13.4. The fraction of sp³-hybridized carbons (Fsp3) is 0.889. The van der Waals surface area contributed by atoms with Crippen LogP contribution in [0.5, 0.6) is 0 Å². The first kappa shape index (κ1) is 27.7. The largest absolute Gasteiger partial charge is 0.460 e. The topological polar surface area (TPSA) is 84.5 Å². The van der Waals surface area contributed by atoms with Gasteiger partial charge in [-0.1, -0.05) is 54.4 Å². The van der Waals surface area contributed by atoms with Gasteiger partial charge in [-0.2, -0.15) is 0 Å². The first-order valence-electron chi connectivity index (χ1n) is 13.2. The fourth-order valence-electron chi connectivity index (χ4n) is 5.96. The number of esters is 1. The fourth-order valence-corrected chi connectivity index (χ4v) is 5.96. The third kappa shape index (κ3) is 7.71. The Balaban J connectivity index is 2.19. The van der Waals surface area contributed by atoms with Crippen molar-refractivity contribution in [2.75, 3.05) is 0 Å². The Labute approximate surface area is 201 Å². The third-order valence-corrected chi connectivity index (χ3v) is 7.88. The van der Waals surface area contributed by atoms with Crippen LogP contribution in [0.15, 0.2) is 0 Å². The minimum absolute atomic E-state index is 0.149. The van der Waals surface area contributed by atoms with Crippen molar-refractivity contribution < 1.29 is 19.1 Å². The Bertz CT molecular complexity index is 629. The van der Waals surface area contributed by atoms with E-state index in [1.807, 2.05) is 0 Å². The van der Waals surface area contributed by atoms with Crippen LogP contribution in [0.4, 0.5) is 0 Å². The van der Waals surface area contributed by atoms with Crippen LogP contribution in [0.2, 0.25) is 0 Å². The molecule has 2 N–H and O–H groups in total. The van der Waals surface area contributed by atoms with E-state index in [1.54, 1.807) is 13.8 Å². The van der Waals surface area contributed by atoms with Gasteiger partial charge in [-0.3, -0.25) is 9.59 Å². The van der Waals surface area contributed by atoms with E-state index in [2.05, 4.69) is 52.2 Å². The van der Waals surface area contributed by atoms with E-state index in [9.17, 15) is 14.4 Å². The number of rotatable bonds is 8. The van der Waals surface area contributed by atoms with Gasteiger partial charge in [0.2, 0.25) is 18.0 Å². The molecular formula is C27H48N2O4. The molecule has 2 fully saturated rings. The van der Waals surface area contributed by atoms with Crippen LogP contribution in [0, 0.1) is 47.3 Å². The van der Waals surface area contributed by atoms with Gasteiger partial charge in [-0.25, -0.2) is 4.79 Å². The number of carbonyl (C=O) groups excluding carboxylic acids is 3. The molecular weight excluding hydrogens is 416 g/mol. The van der Waals surface area contributed by atoms with Gasteiger partial charge in [0.1, 0.15) is 0 Å². The van der Waals surface area contributed by atoms with E-state index in [4.69, 9.17) is 4.74 Å². The molecule has 190 valence electrons. The van der Waals surface area contributed by atoms with Crippen LogP contribution >= 0.6 is 0 Å². The van der Waals surface area contributed by atoms with Crippen LogP contribution in [0.1, 0.15) is 93.9 Å². The first-order valence-corrected chi connectivity index (χ1v) is 13.2. The maximum Gasteiger partial charge on any atom is 0.349 e. The van der Waals surface area contributed by atoms with Crippen molar-refractivity contribution in [2.24, 2.45) is 47.3 Å². The SMILES string of the molecule is CC(C)OC(=O)C(NC(=O)[C@@H]1C[C@H](C)CC[C@H]1C(C)C)NC(=O)[C@@H]1C[C@H](C)CC[C@H]1C(C)C. The average Bonchev–Trinajstić information content (AvgIpc) is 2.71. The van der Waals surface area contributed by atoms with E-state index in [-0.39, 0.29) is 41.6 Å². The summed E-state index contributed by atoms with van der Waals surface area (Å²) in [7, 11) is 0. The van der Waals surface area contributed by atoms with E-state index in [0.717, 1.165) is 38.5 Å². The molecule has 2 aliphatic rings. The summed E-state index contributed by atoms with van der Waals surface area (Å²) in [6, 6.07) is 0. The number of carbonyl (C=O) groups is 3.